The lowest BCUT2D eigenvalue weighted by Crippen LogP contribution is -2.46. The minimum absolute atomic E-state index is 0.161. The van der Waals surface area contributed by atoms with E-state index in [9.17, 15) is 9.59 Å². The largest absolute Gasteiger partial charge is 0.335 e. The molecular formula is C24H33N5O2S. The molecule has 7 nitrogen and oxygen atoms in total. The summed E-state index contributed by atoms with van der Waals surface area (Å²) < 4.78 is 3.82. The number of nitrogens with one attached hydrogen (secondary N) is 1. The number of rotatable bonds is 6. The van der Waals surface area contributed by atoms with Crippen LogP contribution in [0.15, 0.2) is 24.3 Å². The van der Waals surface area contributed by atoms with Crippen molar-refractivity contribution in [2.75, 3.05) is 5.32 Å². The van der Waals surface area contributed by atoms with Crippen LogP contribution in [0, 0.1) is 12.8 Å². The van der Waals surface area contributed by atoms with Crippen molar-refractivity contribution in [3.63, 3.8) is 0 Å². The maximum Gasteiger partial charge on any atom is 0.269 e. The fraction of sp³-hybridized carbons (Fsp3) is 0.583. The summed E-state index contributed by atoms with van der Waals surface area (Å²) in [5.41, 5.74) is 8.56. The number of hydrogen-bond acceptors (Lipinski definition) is 6. The molecule has 0 aliphatic heterocycles. The number of hydrogen-bond donors (Lipinski definition) is 2. The number of nitrogens with zero attached hydrogens (tertiary/aromatic N) is 3. The summed E-state index contributed by atoms with van der Waals surface area (Å²) in [5, 5.41) is 6.80. The molecule has 0 atom stereocenters. The molecule has 2 aromatic rings. The van der Waals surface area contributed by atoms with Crippen molar-refractivity contribution >= 4 is 29.0 Å². The van der Waals surface area contributed by atoms with Crippen LogP contribution in [0.1, 0.15) is 78.7 Å². The average molecular weight is 456 g/mol. The van der Waals surface area contributed by atoms with E-state index < -0.39 is 0 Å². The van der Waals surface area contributed by atoms with E-state index in [-0.39, 0.29) is 23.9 Å². The van der Waals surface area contributed by atoms with Crippen LogP contribution in [-0.2, 0) is 11.3 Å². The van der Waals surface area contributed by atoms with Gasteiger partial charge in [-0.15, -0.1) is 5.10 Å². The summed E-state index contributed by atoms with van der Waals surface area (Å²) in [7, 11) is 0. The third-order valence-corrected chi connectivity index (χ3v) is 7.67. The highest BCUT2D eigenvalue weighted by Gasteiger charge is 2.32. The second-order valence-electron chi connectivity index (χ2n) is 9.21. The van der Waals surface area contributed by atoms with Gasteiger partial charge in [-0.3, -0.25) is 9.59 Å². The Balaban J connectivity index is 1.44. The molecule has 2 aliphatic rings. The van der Waals surface area contributed by atoms with Crippen molar-refractivity contribution in [1.29, 1.82) is 0 Å². The number of amides is 2. The molecule has 3 N–H and O–H groups in total. The number of benzene rings is 1. The van der Waals surface area contributed by atoms with Crippen molar-refractivity contribution in [3.8, 4) is 0 Å². The van der Waals surface area contributed by atoms with Gasteiger partial charge in [-0.05, 0) is 74.7 Å². The molecule has 0 bridgehead atoms. The molecule has 1 aromatic heterocycles. The minimum atomic E-state index is -0.196. The lowest BCUT2D eigenvalue weighted by Gasteiger charge is -2.39. The van der Waals surface area contributed by atoms with Gasteiger partial charge in [-0.1, -0.05) is 35.9 Å². The highest BCUT2D eigenvalue weighted by molar-refractivity contribution is 7.08. The number of anilines is 1. The molecule has 0 unspecified atom stereocenters. The minimum Gasteiger partial charge on any atom is -0.335 e. The standard InChI is InChI=1S/C24H33N5O2S/c1-16-22(32-28-27-16)23(30)26-20-11-7-17(8-12-20)15-29(21-13-9-19(25)10-14-21)24(31)18-5-3-2-4-6-18/h7-8,11-12,18-19,21H,2-6,9-10,13-15,25H2,1H3,(H,26,30). The molecule has 1 heterocycles. The quantitative estimate of drug-likeness (QED) is 0.677. The van der Waals surface area contributed by atoms with Crippen LogP contribution in [-0.4, -0.2) is 38.4 Å². The van der Waals surface area contributed by atoms with Crippen LogP contribution in [0.25, 0.3) is 0 Å². The van der Waals surface area contributed by atoms with E-state index in [0.29, 0.717) is 23.0 Å². The first-order chi connectivity index (χ1) is 15.5. The van der Waals surface area contributed by atoms with E-state index in [1.54, 1.807) is 6.92 Å². The normalized spacial score (nSPS) is 21.8. The van der Waals surface area contributed by atoms with Gasteiger partial charge >= 0.3 is 0 Å². The highest BCUT2D eigenvalue weighted by Crippen LogP contribution is 2.30. The van der Waals surface area contributed by atoms with E-state index in [2.05, 4.69) is 19.8 Å². The topological polar surface area (TPSA) is 101 Å². The molecule has 2 fully saturated rings. The summed E-state index contributed by atoms with van der Waals surface area (Å²) in [6.45, 7) is 2.39. The molecule has 1 aromatic carbocycles. The Hall–Kier alpha value is -2.32. The third kappa shape index (κ3) is 5.53. The first kappa shape index (κ1) is 22.9. The second-order valence-corrected chi connectivity index (χ2v) is 9.96. The van der Waals surface area contributed by atoms with Crippen molar-refractivity contribution in [1.82, 2.24) is 14.5 Å². The van der Waals surface area contributed by atoms with Gasteiger partial charge in [0, 0.05) is 30.2 Å². The van der Waals surface area contributed by atoms with E-state index >= 15 is 0 Å². The van der Waals surface area contributed by atoms with Crippen molar-refractivity contribution in [3.05, 3.63) is 40.4 Å². The number of aryl methyl sites for hydroxylation is 1. The lowest BCUT2D eigenvalue weighted by molar-refractivity contribution is -0.140. The Kier molecular flexibility index (Phi) is 7.52. The molecule has 0 saturated heterocycles. The fourth-order valence-electron chi connectivity index (χ4n) is 4.90. The van der Waals surface area contributed by atoms with Crippen LogP contribution in [0.2, 0.25) is 0 Å². The van der Waals surface area contributed by atoms with Crippen LogP contribution in [0.3, 0.4) is 0 Å². The van der Waals surface area contributed by atoms with Gasteiger partial charge in [0.05, 0.1) is 5.69 Å². The summed E-state index contributed by atoms with van der Waals surface area (Å²) in [5.74, 6) is 0.280. The first-order valence-corrected chi connectivity index (χ1v) is 12.5. The molecule has 2 aliphatic carbocycles. The Morgan fingerprint density at radius 2 is 1.75 bits per heavy atom. The number of carbonyl (C=O) groups excluding carboxylic acids is 2. The molecule has 0 spiro atoms. The number of carbonyl (C=O) groups is 2. The second kappa shape index (κ2) is 10.5. The summed E-state index contributed by atoms with van der Waals surface area (Å²) in [4.78, 5) is 28.5. The molecule has 172 valence electrons. The van der Waals surface area contributed by atoms with E-state index in [1.807, 2.05) is 24.3 Å². The summed E-state index contributed by atoms with van der Waals surface area (Å²) in [6.07, 6.45) is 9.51. The molecule has 2 saturated carbocycles. The highest BCUT2D eigenvalue weighted by atomic mass is 32.1. The predicted octanol–water partition coefficient (Wildman–Crippen LogP) is 4.28. The summed E-state index contributed by atoms with van der Waals surface area (Å²) >= 11 is 1.09. The zero-order valence-corrected chi connectivity index (χ0v) is 19.6. The smallest absolute Gasteiger partial charge is 0.269 e. The molecule has 0 radical (unpaired) electrons. The van der Waals surface area contributed by atoms with Crippen molar-refractivity contribution in [2.45, 2.75) is 83.3 Å². The third-order valence-electron chi connectivity index (χ3n) is 6.84. The van der Waals surface area contributed by atoms with E-state index in [1.165, 1.54) is 6.42 Å². The predicted molar refractivity (Wildman–Crippen MR) is 126 cm³/mol. The summed E-state index contributed by atoms with van der Waals surface area (Å²) in [6, 6.07) is 8.34. The SMILES string of the molecule is Cc1nnsc1C(=O)Nc1ccc(CN(C(=O)C2CCCCC2)C2CCC(N)CC2)cc1. The molecule has 8 heteroatoms. The number of aromatic nitrogens is 2. The Morgan fingerprint density at radius 1 is 1.06 bits per heavy atom. The Bertz CT molecular complexity index is 915. The zero-order valence-electron chi connectivity index (χ0n) is 18.8. The van der Waals surface area contributed by atoms with Crippen molar-refractivity contribution in [2.24, 2.45) is 11.7 Å². The van der Waals surface area contributed by atoms with Gasteiger partial charge in [0.15, 0.2) is 0 Å². The van der Waals surface area contributed by atoms with Gasteiger partial charge in [0.2, 0.25) is 5.91 Å². The molecule has 32 heavy (non-hydrogen) atoms. The van der Waals surface area contributed by atoms with Gasteiger partial charge in [0.25, 0.3) is 5.91 Å². The first-order valence-electron chi connectivity index (χ1n) is 11.8. The van der Waals surface area contributed by atoms with Gasteiger partial charge in [0.1, 0.15) is 4.88 Å². The molecular weight excluding hydrogens is 422 g/mol. The maximum atomic E-state index is 13.5. The van der Waals surface area contributed by atoms with E-state index in [0.717, 1.165) is 74.1 Å². The Morgan fingerprint density at radius 3 is 2.38 bits per heavy atom. The maximum absolute atomic E-state index is 13.5. The van der Waals surface area contributed by atoms with Crippen LogP contribution in [0.4, 0.5) is 5.69 Å². The Labute approximate surface area is 193 Å². The zero-order chi connectivity index (χ0) is 22.5. The average Bonchev–Trinajstić information content (AvgIpc) is 3.25. The van der Waals surface area contributed by atoms with Crippen LogP contribution >= 0.6 is 11.5 Å². The van der Waals surface area contributed by atoms with E-state index in [4.69, 9.17) is 5.73 Å². The molecule has 2 amide bonds. The number of nitrogens with two attached hydrogens (primary N) is 1. The van der Waals surface area contributed by atoms with Crippen LogP contribution in [0.5, 0.6) is 0 Å². The fourth-order valence-corrected chi connectivity index (χ4v) is 5.45. The van der Waals surface area contributed by atoms with Gasteiger partial charge in [-0.25, -0.2) is 0 Å². The van der Waals surface area contributed by atoms with Crippen LogP contribution < -0.4 is 11.1 Å². The van der Waals surface area contributed by atoms with Gasteiger partial charge < -0.3 is 16.0 Å². The van der Waals surface area contributed by atoms with Gasteiger partial charge in [-0.2, -0.15) is 0 Å². The van der Waals surface area contributed by atoms with Crippen molar-refractivity contribution < 1.29 is 9.59 Å². The lowest BCUT2D eigenvalue weighted by atomic mass is 9.85. The monoisotopic (exact) mass is 455 g/mol. The molecule has 4 rings (SSSR count).